The van der Waals surface area contributed by atoms with E-state index in [4.69, 9.17) is 11.6 Å². The van der Waals surface area contributed by atoms with Gasteiger partial charge >= 0.3 is 0 Å². The van der Waals surface area contributed by atoms with Gasteiger partial charge in [-0.2, -0.15) is 0 Å². The Hall–Kier alpha value is -1.58. The summed E-state index contributed by atoms with van der Waals surface area (Å²) in [6.45, 7) is 3.66. The lowest BCUT2D eigenvalue weighted by Crippen LogP contribution is -2.18. The van der Waals surface area contributed by atoms with Crippen molar-refractivity contribution >= 4 is 17.4 Å². The Kier molecular flexibility index (Phi) is 4.99. The minimum Gasteiger partial charge on any atom is -0.355 e. The van der Waals surface area contributed by atoms with Crippen LogP contribution in [-0.2, 0) is 13.1 Å². The van der Waals surface area contributed by atoms with E-state index < -0.39 is 0 Å². The Morgan fingerprint density at radius 2 is 2.00 bits per heavy atom. The second-order valence-corrected chi connectivity index (χ2v) is 5.43. The number of halogens is 1. The molecule has 1 heterocycles. The molecule has 0 aliphatic rings. The molecular formula is C16H20ClN3. The van der Waals surface area contributed by atoms with Crippen LogP contribution in [0.2, 0.25) is 5.02 Å². The van der Waals surface area contributed by atoms with Gasteiger partial charge in [-0.05, 0) is 49.4 Å². The number of hydrogen-bond acceptors (Lipinski definition) is 3. The average molecular weight is 290 g/mol. The molecule has 0 radical (unpaired) electrons. The lowest BCUT2D eigenvalue weighted by atomic mass is 10.2. The van der Waals surface area contributed by atoms with Crippen LogP contribution in [0.4, 0.5) is 5.82 Å². The first-order chi connectivity index (χ1) is 9.58. The Bertz CT molecular complexity index is 584. The summed E-state index contributed by atoms with van der Waals surface area (Å²) in [6, 6.07) is 12.2. The number of benzene rings is 1. The highest BCUT2D eigenvalue weighted by atomic mass is 35.5. The van der Waals surface area contributed by atoms with Gasteiger partial charge in [0.25, 0.3) is 0 Å². The zero-order valence-electron chi connectivity index (χ0n) is 12.2. The van der Waals surface area contributed by atoms with Gasteiger partial charge in [0, 0.05) is 30.9 Å². The molecule has 4 heteroatoms. The van der Waals surface area contributed by atoms with Crippen LogP contribution in [0.1, 0.15) is 16.8 Å². The van der Waals surface area contributed by atoms with Crippen LogP contribution in [0.25, 0.3) is 0 Å². The maximum Gasteiger partial charge on any atom is 0.129 e. The molecule has 1 N–H and O–H groups in total. The van der Waals surface area contributed by atoms with Gasteiger partial charge in [0.15, 0.2) is 0 Å². The first-order valence-electron chi connectivity index (χ1n) is 6.66. The van der Waals surface area contributed by atoms with E-state index in [2.05, 4.69) is 33.4 Å². The number of aromatic nitrogens is 1. The molecule has 0 bridgehead atoms. The van der Waals surface area contributed by atoms with Gasteiger partial charge < -0.3 is 10.2 Å². The number of nitrogens with one attached hydrogen (secondary N) is 1. The average Bonchev–Trinajstić information content (AvgIpc) is 2.38. The van der Waals surface area contributed by atoms with E-state index in [0.29, 0.717) is 0 Å². The predicted molar refractivity (Wildman–Crippen MR) is 85.3 cm³/mol. The van der Waals surface area contributed by atoms with Gasteiger partial charge in [0.1, 0.15) is 5.82 Å². The van der Waals surface area contributed by atoms with Crippen LogP contribution in [0.3, 0.4) is 0 Å². The van der Waals surface area contributed by atoms with E-state index in [-0.39, 0.29) is 0 Å². The van der Waals surface area contributed by atoms with Crippen molar-refractivity contribution in [2.45, 2.75) is 20.0 Å². The summed E-state index contributed by atoms with van der Waals surface area (Å²) in [7, 11) is 4.00. The smallest absolute Gasteiger partial charge is 0.129 e. The van der Waals surface area contributed by atoms with Crippen LogP contribution >= 0.6 is 11.6 Å². The van der Waals surface area contributed by atoms with Gasteiger partial charge in [-0.25, -0.2) is 4.98 Å². The molecule has 106 valence electrons. The van der Waals surface area contributed by atoms with Crippen molar-refractivity contribution in [1.82, 2.24) is 10.3 Å². The molecule has 0 unspecified atom stereocenters. The molecule has 2 rings (SSSR count). The molecule has 0 saturated carbocycles. The Morgan fingerprint density at radius 3 is 2.70 bits per heavy atom. The maximum atomic E-state index is 6.02. The quantitative estimate of drug-likeness (QED) is 0.914. The summed E-state index contributed by atoms with van der Waals surface area (Å²) in [5.41, 5.74) is 3.46. The predicted octanol–water partition coefficient (Wildman–Crippen LogP) is 3.40. The number of hydrogen-bond donors (Lipinski definition) is 1. The third-order valence-electron chi connectivity index (χ3n) is 3.08. The molecule has 0 saturated heterocycles. The largest absolute Gasteiger partial charge is 0.355 e. The van der Waals surface area contributed by atoms with Crippen molar-refractivity contribution in [2.24, 2.45) is 0 Å². The van der Waals surface area contributed by atoms with Crippen molar-refractivity contribution in [3.63, 3.8) is 0 Å². The molecular weight excluding hydrogens is 270 g/mol. The van der Waals surface area contributed by atoms with Crippen molar-refractivity contribution in [3.05, 3.63) is 58.2 Å². The van der Waals surface area contributed by atoms with Crippen LogP contribution in [0, 0.1) is 6.92 Å². The van der Waals surface area contributed by atoms with Gasteiger partial charge in [0.2, 0.25) is 0 Å². The van der Waals surface area contributed by atoms with Crippen LogP contribution in [0.15, 0.2) is 36.4 Å². The monoisotopic (exact) mass is 289 g/mol. The highest BCUT2D eigenvalue weighted by molar-refractivity contribution is 6.30. The fourth-order valence-electron chi connectivity index (χ4n) is 2.21. The molecule has 2 aromatic rings. The van der Waals surface area contributed by atoms with Crippen molar-refractivity contribution < 1.29 is 0 Å². The minimum absolute atomic E-state index is 0.768. The van der Waals surface area contributed by atoms with Gasteiger partial charge in [-0.1, -0.05) is 23.7 Å². The molecule has 0 aliphatic carbocycles. The number of pyridine rings is 1. The normalized spacial score (nSPS) is 10.6. The number of rotatable bonds is 5. The van der Waals surface area contributed by atoms with E-state index in [1.807, 2.05) is 39.2 Å². The summed E-state index contributed by atoms with van der Waals surface area (Å²) < 4.78 is 0. The number of nitrogens with zero attached hydrogens (tertiary/aromatic N) is 2. The van der Waals surface area contributed by atoms with Gasteiger partial charge in [-0.3, -0.25) is 0 Å². The standard InChI is InChI=1S/C16H20ClN3/c1-12-7-14(10-18-2)9-16(19-12)20(3)11-13-5-4-6-15(17)8-13/h4-9,18H,10-11H2,1-3H3. The molecule has 1 aromatic carbocycles. The summed E-state index contributed by atoms with van der Waals surface area (Å²) >= 11 is 6.02. The van der Waals surface area contributed by atoms with Gasteiger partial charge in [-0.15, -0.1) is 0 Å². The molecule has 3 nitrogen and oxygen atoms in total. The third kappa shape index (κ3) is 3.95. The van der Waals surface area contributed by atoms with E-state index in [9.17, 15) is 0 Å². The molecule has 0 fully saturated rings. The van der Waals surface area contributed by atoms with E-state index in [1.165, 1.54) is 11.1 Å². The fraction of sp³-hybridized carbons (Fsp3) is 0.312. The Morgan fingerprint density at radius 1 is 1.20 bits per heavy atom. The van der Waals surface area contributed by atoms with Crippen LogP contribution in [-0.4, -0.2) is 19.1 Å². The molecule has 0 aliphatic heterocycles. The Labute approximate surface area is 125 Å². The SMILES string of the molecule is CNCc1cc(C)nc(N(C)Cc2cccc(Cl)c2)c1. The lowest BCUT2D eigenvalue weighted by Gasteiger charge is -2.20. The van der Waals surface area contributed by atoms with Crippen molar-refractivity contribution in [3.8, 4) is 0 Å². The second kappa shape index (κ2) is 6.73. The molecule has 0 atom stereocenters. The van der Waals surface area contributed by atoms with Gasteiger partial charge in [0.05, 0.1) is 0 Å². The number of aryl methyl sites for hydroxylation is 1. The summed E-state index contributed by atoms with van der Waals surface area (Å²) in [4.78, 5) is 6.74. The van der Waals surface area contributed by atoms with E-state index in [1.54, 1.807) is 0 Å². The molecule has 1 aromatic heterocycles. The molecule has 0 amide bonds. The summed E-state index contributed by atoms with van der Waals surface area (Å²) in [5.74, 6) is 0.982. The first kappa shape index (κ1) is 14.8. The van der Waals surface area contributed by atoms with E-state index >= 15 is 0 Å². The topological polar surface area (TPSA) is 28.2 Å². The van der Waals surface area contributed by atoms with E-state index in [0.717, 1.165) is 29.6 Å². The highest BCUT2D eigenvalue weighted by Gasteiger charge is 2.06. The Balaban J connectivity index is 2.18. The molecule has 0 spiro atoms. The highest BCUT2D eigenvalue weighted by Crippen LogP contribution is 2.18. The fourth-order valence-corrected chi connectivity index (χ4v) is 2.43. The maximum absolute atomic E-state index is 6.02. The van der Waals surface area contributed by atoms with Crippen molar-refractivity contribution in [1.29, 1.82) is 0 Å². The summed E-state index contributed by atoms with van der Waals surface area (Å²) in [5, 5.41) is 3.94. The molecule has 20 heavy (non-hydrogen) atoms. The summed E-state index contributed by atoms with van der Waals surface area (Å²) in [6.07, 6.45) is 0. The van der Waals surface area contributed by atoms with Crippen LogP contribution in [0.5, 0.6) is 0 Å². The minimum atomic E-state index is 0.768. The van der Waals surface area contributed by atoms with Crippen molar-refractivity contribution in [2.75, 3.05) is 19.0 Å². The number of anilines is 1. The first-order valence-corrected chi connectivity index (χ1v) is 7.04. The zero-order valence-corrected chi connectivity index (χ0v) is 12.9. The van der Waals surface area contributed by atoms with Crippen LogP contribution < -0.4 is 10.2 Å². The second-order valence-electron chi connectivity index (χ2n) is 4.99. The zero-order chi connectivity index (χ0) is 14.5. The third-order valence-corrected chi connectivity index (χ3v) is 3.32. The lowest BCUT2D eigenvalue weighted by molar-refractivity contribution is 0.809.